The number of rotatable bonds is 7. The van der Waals surface area contributed by atoms with Gasteiger partial charge < -0.3 is 19.3 Å². The maximum Gasteiger partial charge on any atom is 0.303 e. The minimum Gasteiger partial charge on any atom is -0.496 e. The first-order valence-corrected chi connectivity index (χ1v) is 9.17. The van der Waals surface area contributed by atoms with E-state index in [4.69, 9.17) is 30.9 Å². The molecule has 1 N–H and O–H groups in total. The molecule has 0 unspecified atom stereocenters. The summed E-state index contributed by atoms with van der Waals surface area (Å²) >= 11 is 6.25. The second-order valence-corrected chi connectivity index (χ2v) is 7.68. The van der Waals surface area contributed by atoms with E-state index in [9.17, 15) is 4.79 Å². The number of aryl methyl sites for hydroxylation is 1. The molecule has 144 valence electrons. The summed E-state index contributed by atoms with van der Waals surface area (Å²) < 4.78 is 17.4. The van der Waals surface area contributed by atoms with Gasteiger partial charge in [-0.15, -0.1) is 0 Å². The topological polar surface area (TPSA) is 65.0 Å². The molecule has 0 spiro atoms. The lowest BCUT2D eigenvalue weighted by atomic mass is 10.0. The van der Waals surface area contributed by atoms with Gasteiger partial charge in [-0.1, -0.05) is 17.7 Å². The van der Waals surface area contributed by atoms with Crippen molar-refractivity contribution in [3.8, 4) is 17.2 Å². The van der Waals surface area contributed by atoms with Gasteiger partial charge in [-0.3, -0.25) is 4.79 Å². The second-order valence-electron chi connectivity index (χ2n) is 7.25. The lowest BCUT2D eigenvalue weighted by Crippen LogP contribution is -2.25. The van der Waals surface area contributed by atoms with Gasteiger partial charge in [0.1, 0.15) is 29.5 Å². The SMILES string of the molecule is COc1cc(OCc2cc(Cl)cc3c2OC(C)(C)C3)ccc1CCC(=O)O. The van der Waals surface area contributed by atoms with E-state index >= 15 is 0 Å². The Kier molecular flexibility index (Phi) is 5.51. The smallest absolute Gasteiger partial charge is 0.303 e. The monoisotopic (exact) mass is 390 g/mol. The van der Waals surface area contributed by atoms with Crippen molar-refractivity contribution >= 4 is 17.6 Å². The highest BCUT2D eigenvalue weighted by atomic mass is 35.5. The number of benzene rings is 2. The maximum atomic E-state index is 10.8. The number of aliphatic carboxylic acids is 1. The van der Waals surface area contributed by atoms with Crippen molar-refractivity contribution < 1.29 is 24.1 Å². The Morgan fingerprint density at radius 3 is 2.74 bits per heavy atom. The van der Waals surface area contributed by atoms with Gasteiger partial charge in [0.2, 0.25) is 0 Å². The third-order valence-corrected chi connectivity index (χ3v) is 4.68. The van der Waals surface area contributed by atoms with Crippen molar-refractivity contribution in [2.75, 3.05) is 7.11 Å². The number of hydrogen-bond donors (Lipinski definition) is 1. The van der Waals surface area contributed by atoms with Crippen LogP contribution in [0, 0.1) is 0 Å². The molecule has 3 rings (SSSR count). The van der Waals surface area contributed by atoms with Crippen molar-refractivity contribution in [3.05, 3.63) is 52.0 Å². The molecule has 0 aliphatic carbocycles. The molecule has 0 radical (unpaired) electrons. The third-order valence-electron chi connectivity index (χ3n) is 4.46. The number of carboxylic acids is 1. The first kappa shape index (κ1) is 19.4. The fourth-order valence-electron chi connectivity index (χ4n) is 3.28. The van der Waals surface area contributed by atoms with Crippen LogP contribution >= 0.6 is 11.6 Å². The third kappa shape index (κ3) is 4.66. The van der Waals surface area contributed by atoms with E-state index in [1.54, 1.807) is 13.2 Å². The van der Waals surface area contributed by atoms with Crippen LogP contribution in [0.25, 0.3) is 0 Å². The molecule has 2 aromatic rings. The molecule has 5 nitrogen and oxygen atoms in total. The summed E-state index contributed by atoms with van der Waals surface area (Å²) in [6.07, 6.45) is 1.27. The van der Waals surface area contributed by atoms with E-state index < -0.39 is 5.97 Å². The van der Waals surface area contributed by atoms with E-state index in [0.717, 1.165) is 28.9 Å². The average molecular weight is 391 g/mol. The van der Waals surface area contributed by atoms with E-state index in [0.29, 0.717) is 29.5 Å². The van der Waals surface area contributed by atoms with Gasteiger partial charge in [-0.25, -0.2) is 0 Å². The molecule has 0 saturated heterocycles. The molecular formula is C21H23ClO5. The largest absolute Gasteiger partial charge is 0.496 e. The summed E-state index contributed by atoms with van der Waals surface area (Å²) in [6, 6.07) is 9.22. The lowest BCUT2D eigenvalue weighted by molar-refractivity contribution is -0.136. The van der Waals surface area contributed by atoms with Crippen LogP contribution in [-0.2, 0) is 24.2 Å². The minimum absolute atomic E-state index is 0.0539. The zero-order chi connectivity index (χ0) is 19.6. The Balaban J connectivity index is 1.75. The van der Waals surface area contributed by atoms with Gasteiger partial charge in [0.05, 0.1) is 7.11 Å². The zero-order valence-corrected chi connectivity index (χ0v) is 16.4. The van der Waals surface area contributed by atoms with E-state index in [1.807, 2.05) is 38.1 Å². The molecule has 0 saturated carbocycles. The van der Waals surface area contributed by atoms with Gasteiger partial charge >= 0.3 is 5.97 Å². The van der Waals surface area contributed by atoms with Crippen molar-refractivity contribution in [3.63, 3.8) is 0 Å². The van der Waals surface area contributed by atoms with Crippen LogP contribution < -0.4 is 14.2 Å². The molecular weight excluding hydrogens is 368 g/mol. The van der Waals surface area contributed by atoms with E-state index in [-0.39, 0.29) is 12.0 Å². The van der Waals surface area contributed by atoms with Crippen LogP contribution in [0.1, 0.15) is 37.0 Å². The van der Waals surface area contributed by atoms with Crippen molar-refractivity contribution in [2.24, 2.45) is 0 Å². The summed E-state index contributed by atoms with van der Waals surface area (Å²) in [5.74, 6) is 1.25. The van der Waals surface area contributed by atoms with Crippen molar-refractivity contribution in [2.45, 2.75) is 45.3 Å². The molecule has 0 fully saturated rings. The van der Waals surface area contributed by atoms with Crippen LogP contribution in [0.2, 0.25) is 5.02 Å². The second kappa shape index (κ2) is 7.69. The van der Waals surface area contributed by atoms with Crippen LogP contribution in [-0.4, -0.2) is 23.8 Å². The molecule has 0 amide bonds. The lowest BCUT2D eigenvalue weighted by Gasteiger charge is -2.18. The summed E-state index contributed by atoms with van der Waals surface area (Å²) in [7, 11) is 1.56. The van der Waals surface area contributed by atoms with E-state index in [2.05, 4.69) is 0 Å². The van der Waals surface area contributed by atoms with Gasteiger partial charge in [0.15, 0.2) is 0 Å². The molecule has 2 aromatic carbocycles. The molecule has 1 aliphatic rings. The summed E-state index contributed by atoms with van der Waals surface area (Å²) in [5, 5.41) is 9.51. The highest BCUT2D eigenvalue weighted by Crippen LogP contribution is 2.40. The van der Waals surface area contributed by atoms with E-state index in [1.165, 1.54) is 0 Å². The number of carbonyl (C=O) groups is 1. The van der Waals surface area contributed by atoms with Gasteiger partial charge in [-0.05, 0) is 49.6 Å². The number of ether oxygens (including phenoxy) is 3. The first-order chi connectivity index (χ1) is 12.8. The first-order valence-electron chi connectivity index (χ1n) is 8.79. The number of fused-ring (bicyclic) bond motifs is 1. The molecule has 0 atom stereocenters. The number of halogens is 1. The Morgan fingerprint density at radius 2 is 2.04 bits per heavy atom. The molecule has 1 aliphatic heterocycles. The Morgan fingerprint density at radius 1 is 1.26 bits per heavy atom. The molecule has 27 heavy (non-hydrogen) atoms. The number of carboxylic acid groups (broad SMARTS) is 1. The highest BCUT2D eigenvalue weighted by Gasteiger charge is 2.32. The van der Waals surface area contributed by atoms with Crippen LogP contribution in [0.15, 0.2) is 30.3 Å². The summed E-state index contributed by atoms with van der Waals surface area (Å²) in [4.78, 5) is 10.8. The minimum atomic E-state index is -0.838. The molecule has 6 heteroatoms. The summed E-state index contributed by atoms with van der Waals surface area (Å²) in [5.41, 5.74) is 2.57. The van der Waals surface area contributed by atoms with Gasteiger partial charge in [0, 0.05) is 29.5 Å². The summed E-state index contributed by atoms with van der Waals surface area (Å²) in [6.45, 7) is 4.41. The number of hydrogen-bond acceptors (Lipinski definition) is 4. The van der Waals surface area contributed by atoms with Crippen molar-refractivity contribution in [1.82, 2.24) is 0 Å². The zero-order valence-electron chi connectivity index (χ0n) is 15.7. The fraction of sp³-hybridized carbons (Fsp3) is 0.381. The highest BCUT2D eigenvalue weighted by molar-refractivity contribution is 6.30. The van der Waals surface area contributed by atoms with Crippen LogP contribution in [0.5, 0.6) is 17.2 Å². The molecule has 0 aromatic heterocycles. The number of methoxy groups -OCH3 is 1. The van der Waals surface area contributed by atoms with Crippen LogP contribution in [0.4, 0.5) is 0 Å². The van der Waals surface area contributed by atoms with Crippen molar-refractivity contribution in [1.29, 1.82) is 0 Å². The normalized spacial score (nSPS) is 14.4. The Labute approximate surface area is 163 Å². The maximum absolute atomic E-state index is 10.8. The predicted molar refractivity (Wildman–Crippen MR) is 103 cm³/mol. The Hall–Kier alpha value is -2.40. The fourth-order valence-corrected chi connectivity index (χ4v) is 3.54. The quantitative estimate of drug-likeness (QED) is 0.744. The average Bonchev–Trinajstić information content (AvgIpc) is 2.91. The molecule has 0 bridgehead atoms. The predicted octanol–water partition coefficient (Wildman–Crippen LogP) is 4.66. The van der Waals surface area contributed by atoms with Crippen LogP contribution in [0.3, 0.4) is 0 Å². The standard InChI is InChI=1S/C21H23ClO5/c1-21(2)11-14-8-16(22)9-15(20(14)27-21)12-26-17-6-4-13(5-7-19(23)24)18(10-17)25-3/h4,6,8-10H,5,7,11-12H2,1-3H3,(H,23,24). The van der Waals surface area contributed by atoms with Gasteiger partial charge in [0.25, 0.3) is 0 Å². The molecule has 1 heterocycles. The van der Waals surface area contributed by atoms with Gasteiger partial charge in [-0.2, -0.15) is 0 Å². The Bertz CT molecular complexity index is 860.